The molecule has 0 unspecified atom stereocenters. The van der Waals surface area contributed by atoms with E-state index in [-0.39, 0.29) is 0 Å². The summed E-state index contributed by atoms with van der Waals surface area (Å²) >= 11 is 3.35. The highest BCUT2D eigenvalue weighted by atomic mass is 79.9. The summed E-state index contributed by atoms with van der Waals surface area (Å²) in [5, 5.41) is 0. The van der Waals surface area contributed by atoms with Gasteiger partial charge < -0.3 is 15.2 Å². The van der Waals surface area contributed by atoms with Crippen molar-refractivity contribution in [1.82, 2.24) is 0 Å². The molecular weight excluding hydrogens is 274 g/mol. The van der Waals surface area contributed by atoms with Crippen LogP contribution in [0.5, 0.6) is 11.5 Å². The van der Waals surface area contributed by atoms with E-state index >= 15 is 0 Å². The highest BCUT2D eigenvalue weighted by molar-refractivity contribution is 9.10. The first kappa shape index (κ1) is 12.6. The fraction of sp³-hybridized carbons (Fsp3) is 0.182. The monoisotopic (exact) mass is 285 g/mol. The molecule has 0 atom stereocenters. The Morgan fingerprint density at radius 2 is 1.81 bits per heavy atom. The van der Waals surface area contributed by atoms with Gasteiger partial charge in [0.05, 0.1) is 14.2 Å². The lowest BCUT2D eigenvalue weighted by molar-refractivity contribution is -0.113. The second-order valence-corrected chi connectivity index (χ2v) is 3.77. The fourth-order valence-corrected chi connectivity index (χ4v) is 1.72. The largest absolute Gasteiger partial charge is 0.495 e. The predicted molar refractivity (Wildman–Crippen MR) is 65.5 cm³/mol. The van der Waals surface area contributed by atoms with Crippen molar-refractivity contribution in [2.24, 2.45) is 5.73 Å². The number of ether oxygens (including phenoxy) is 2. The van der Waals surface area contributed by atoms with Crippen LogP contribution < -0.4 is 15.2 Å². The molecule has 4 nitrogen and oxygen atoms in total. The van der Waals surface area contributed by atoms with Gasteiger partial charge in [0, 0.05) is 6.08 Å². The number of hydrogen-bond donors (Lipinski definition) is 1. The fourth-order valence-electron chi connectivity index (χ4n) is 1.16. The molecule has 0 aliphatic rings. The number of rotatable bonds is 4. The summed E-state index contributed by atoms with van der Waals surface area (Å²) < 4.78 is 11.0. The SMILES string of the molecule is COc1cc(/C=C/C(N)=O)cc(OC)c1Br. The van der Waals surface area contributed by atoms with Gasteiger partial charge in [-0.1, -0.05) is 0 Å². The number of amides is 1. The highest BCUT2D eigenvalue weighted by Crippen LogP contribution is 2.35. The zero-order chi connectivity index (χ0) is 12.1. The van der Waals surface area contributed by atoms with Gasteiger partial charge in [0.1, 0.15) is 16.0 Å². The molecule has 0 spiro atoms. The Kier molecular flexibility index (Phi) is 4.37. The van der Waals surface area contributed by atoms with Gasteiger partial charge >= 0.3 is 0 Å². The summed E-state index contributed by atoms with van der Waals surface area (Å²) in [7, 11) is 3.11. The van der Waals surface area contributed by atoms with Gasteiger partial charge in [-0.05, 0) is 39.7 Å². The Morgan fingerprint density at radius 3 is 2.19 bits per heavy atom. The van der Waals surface area contributed by atoms with Crippen LogP contribution in [0.1, 0.15) is 5.56 Å². The Morgan fingerprint density at radius 1 is 1.31 bits per heavy atom. The molecule has 0 saturated carbocycles. The van der Waals surface area contributed by atoms with Gasteiger partial charge in [0.2, 0.25) is 5.91 Å². The minimum absolute atomic E-state index is 0.499. The van der Waals surface area contributed by atoms with Gasteiger partial charge in [-0.3, -0.25) is 4.79 Å². The second-order valence-electron chi connectivity index (χ2n) is 2.98. The summed E-state index contributed by atoms with van der Waals surface area (Å²) in [5.41, 5.74) is 5.79. The number of nitrogens with two attached hydrogens (primary N) is 1. The molecule has 0 aromatic heterocycles. The van der Waals surface area contributed by atoms with E-state index in [1.807, 2.05) is 0 Å². The van der Waals surface area contributed by atoms with Crippen LogP contribution >= 0.6 is 15.9 Å². The Balaban J connectivity index is 3.16. The number of benzene rings is 1. The summed E-state index contributed by atoms with van der Waals surface area (Å²) in [5.74, 6) is 0.757. The predicted octanol–water partition coefficient (Wildman–Crippen LogP) is 1.96. The zero-order valence-corrected chi connectivity index (χ0v) is 10.6. The smallest absolute Gasteiger partial charge is 0.241 e. The maximum atomic E-state index is 10.6. The molecule has 0 aliphatic heterocycles. The lowest BCUT2D eigenvalue weighted by atomic mass is 10.2. The summed E-state index contributed by atoms with van der Waals surface area (Å²) in [6.45, 7) is 0. The molecule has 16 heavy (non-hydrogen) atoms. The lowest BCUT2D eigenvalue weighted by Crippen LogP contribution is -2.05. The van der Waals surface area contributed by atoms with E-state index in [2.05, 4.69) is 15.9 Å². The number of carbonyl (C=O) groups is 1. The van der Waals surface area contributed by atoms with Crippen molar-refractivity contribution in [3.05, 3.63) is 28.2 Å². The molecule has 0 heterocycles. The number of halogens is 1. The van der Waals surface area contributed by atoms with Gasteiger partial charge in [-0.2, -0.15) is 0 Å². The van der Waals surface area contributed by atoms with E-state index < -0.39 is 5.91 Å². The molecule has 86 valence electrons. The van der Waals surface area contributed by atoms with Crippen LogP contribution in [0.4, 0.5) is 0 Å². The van der Waals surface area contributed by atoms with Crippen LogP contribution in [0.25, 0.3) is 6.08 Å². The Hall–Kier alpha value is -1.49. The van der Waals surface area contributed by atoms with Gasteiger partial charge in [-0.25, -0.2) is 0 Å². The van der Waals surface area contributed by atoms with Gasteiger partial charge in [0.25, 0.3) is 0 Å². The standard InChI is InChI=1S/C11H12BrNO3/c1-15-8-5-7(3-4-10(13)14)6-9(16-2)11(8)12/h3-6H,1-2H3,(H2,13,14)/b4-3+. The van der Waals surface area contributed by atoms with E-state index in [1.54, 1.807) is 32.4 Å². The van der Waals surface area contributed by atoms with Crippen molar-refractivity contribution in [3.63, 3.8) is 0 Å². The molecule has 2 N–H and O–H groups in total. The third kappa shape index (κ3) is 3.00. The first-order valence-corrected chi connectivity index (χ1v) is 5.26. The van der Waals surface area contributed by atoms with Crippen molar-refractivity contribution >= 4 is 27.9 Å². The Bertz CT molecular complexity index is 404. The van der Waals surface area contributed by atoms with Crippen LogP contribution in [0.3, 0.4) is 0 Å². The molecule has 1 amide bonds. The van der Waals surface area contributed by atoms with Crippen molar-refractivity contribution in [2.45, 2.75) is 0 Å². The van der Waals surface area contributed by atoms with Crippen molar-refractivity contribution < 1.29 is 14.3 Å². The van der Waals surface area contributed by atoms with Crippen molar-refractivity contribution in [3.8, 4) is 11.5 Å². The average Bonchev–Trinajstić information content (AvgIpc) is 2.27. The second kappa shape index (κ2) is 5.55. The molecule has 0 fully saturated rings. The number of hydrogen-bond acceptors (Lipinski definition) is 3. The van der Waals surface area contributed by atoms with Gasteiger partial charge in [0.15, 0.2) is 0 Å². The van der Waals surface area contributed by atoms with E-state index in [1.165, 1.54) is 6.08 Å². The van der Waals surface area contributed by atoms with Crippen LogP contribution in [-0.4, -0.2) is 20.1 Å². The highest BCUT2D eigenvalue weighted by Gasteiger charge is 2.08. The number of primary amides is 1. The van der Waals surface area contributed by atoms with Crippen LogP contribution in [-0.2, 0) is 4.79 Å². The topological polar surface area (TPSA) is 61.5 Å². The number of methoxy groups -OCH3 is 2. The van der Waals surface area contributed by atoms with E-state index in [9.17, 15) is 4.79 Å². The quantitative estimate of drug-likeness (QED) is 0.861. The maximum Gasteiger partial charge on any atom is 0.241 e. The average molecular weight is 286 g/mol. The van der Waals surface area contributed by atoms with E-state index in [0.717, 1.165) is 10.0 Å². The summed E-state index contributed by atoms with van der Waals surface area (Å²) in [6, 6.07) is 3.54. The van der Waals surface area contributed by atoms with Crippen LogP contribution in [0.15, 0.2) is 22.7 Å². The maximum absolute atomic E-state index is 10.6. The molecule has 0 aliphatic carbocycles. The molecule has 0 saturated heterocycles. The van der Waals surface area contributed by atoms with Crippen molar-refractivity contribution in [1.29, 1.82) is 0 Å². The van der Waals surface area contributed by atoms with Gasteiger partial charge in [-0.15, -0.1) is 0 Å². The van der Waals surface area contributed by atoms with Crippen molar-refractivity contribution in [2.75, 3.05) is 14.2 Å². The Labute approximate surface area is 102 Å². The van der Waals surface area contributed by atoms with Crippen LogP contribution in [0, 0.1) is 0 Å². The summed E-state index contributed by atoms with van der Waals surface area (Å²) in [6.07, 6.45) is 2.88. The first-order valence-electron chi connectivity index (χ1n) is 4.47. The number of carbonyl (C=O) groups excluding carboxylic acids is 1. The minimum atomic E-state index is -0.499. The molecule has 1 aromatic carbocycles. The molecule has 1 rings (SSSR count). The van der Waals surface area contributed by atoms with Crippen LogP contribution in [0.2, 0.25) is 0 Å². The van der Waals surface area contributed by atoms with E-state index in [4.69, 9.17) is 15.2 Å². The third-order valence-corrected chi connectivity index (χ3v) is 2.69. The third-order valence-electron chi connectivity index (χ3n) is 1.91. The molecule has 5 heteroatoms. The first-order chi connectivity index (χ1) is 7.58. The zero-order valence-electron chi connectivity index (χ0n) is 8.99. The minimum Gasteiger partial charge on any atom is -0.495 e. The molecule has 0 radical (unpaired) electrons. The van der Waals surface area contributed by atoms with E-state index in [0.29, 0.717) is 11.5 Å². The summed E-state index contributed by atoms with van der Waals surface area (Å²) in [4.78, 5) is 10.6. The normalized spacial score (nSPS) is 10.4. The lowest BCUT2D eigenvalue weighted by Gasteiger charge is -2.09. The molecule has 0 bridgehead atoms. The molecule has 1 aromatic rings. The molecular formula is C11H12BrNO3.